The lowest BCUT2D eigenvalue weighted by atomic mass is 10.1. The molecule has 1 aromatic carbocycles. The molecule has 0 N–H and O–H groups in total. The number of sulfonamides is 1. The molecular weight excluding hydrogens is 347 g/mol. The van der Waals surface area contributed by atoms with Crippen molar-refractivity contribution in [2.45, 2.75) is 28.5 Å². The number of alkyl halides is 2. The van der Waals surface area contributed by atoms with Crippen molar-refractivity contribution in [1.29, 1.82) is 0 Å². The van der Waals surface area contributed by atoms with E-state index in [4.69, 9.17) is 23.2 Å². The van der Waals surface area contributed by atoms with E-state index in [0.717, 1.165) is 19.3 Å². The summed E-state index contributed by atoms with van der Waals surface area (Å²) >= 11 is 12.2. The molecule has 0 saturated carbocycles. The minimum Gasteiger partial charge on any atom is -0.312 e. The van der Waals surface area contributed by atoms with Gasteiger partial charge in [0.05, 0.1) is 10.6 Å². The molecule has 0 radical (unpaired) electrons. The predicted molar refractivity (Wildman–Crippen MR) is 85.8 cm³/mol. The monoisotopic (exact) mass is 362 g/mol. The zero-order valence-electron chi connectivity index (χ0n) is 12.1. The fourth-order valence-corrected chi connectivity index (χ4v) is 5.01. The van der Waals surface area contributed by atoms with E-state index in [2.05, 4.69) is 0 Å². The Bertz CT molecular complexity index is 728. The largest absolute Gasteiger partial charge is 0.312 e. The Morgan fingerprint density at radius 3 is 2.41 bits per heavy atom. The highest BCUT2D eigenvalue weighted by Gasteiger charge is 2.47. The molecule has 0 spiro atoms. The minimum absolute atomic E-state index is 0.127. The number of hydrogen-bond acceptors (Lipinski definition) is 3. The van der Waals surface area contributed by atoms with Gasteiger partial charge in [-0.3, -0.25) is 4.79 Å². The third-order valence-corrected chi connectivity index (χ3v) is 6.82. The van der Waals surface area contributed by atoms with Gasteiger partial charge in [0, 0.05) is 25.7 Å². The van der Waals surface area contributed by atoms with Gasteiger partial charge in [-0.05, 0) is 31.0 Å². The Balaban J connectivity index is 2.05. The number of piperidine rings is 1. The second kappa shape index (κ2) is 5.37. The van der Waals surface area contributed by atoms with Crippen LogP contribution in [0, 0.1) is 0 Å². The zero-order valence-corrected chi connectivity index (χ0v) is 14.4. The van der Waals surface area contributed by atoms with Crippen molar-refractivity contribution in [3.05, 3.63) is 23.8 Å². The lowest BCUT2D eigenvalue weighted by Crippen LogP contribution is -2.35. The molecule has 0 aliphatic carbocycles. The van der Waals surface area contributed by atoms with E-state index in [9.17, 15) is 13.2 Å². The maximum atomic E-state index is 12.7. The molecule has 2 heterocycles. The van der Waals surface area contributed by atoms with Gasteiger partial charge in [-0.2, -0.15) is 4.31 Å². The molecule has 2 aliphatic heterocycles. The molecule has 3 rings (SSSR count). The van der Waals surface area contributed by atoms with Crippen molar-refractivity contribution < 1.29 is 13.2 Å². The topological polar surface area (TPSA) is 57.7 Å². The summed E-state index contributed by atoms with van der Waals surface area (Å²) in [6, 6.07) is 4.50. The third kappa shape index (κ3) is 2.33. The van der Waals surface area contributed by atoms with E-state index in [1.165, 1.54) is 21.3 Å². The summed E-state index contributed by atoms with van der Waals surface area (Å²) < 4.78 is 25.1. The summed E-state index contributed by atoms with van der Waals surface area (Å²) in [6.07, 6.45) is 2.77. The molecule has 5 nitrogen and oxygen atoms in total. The zero-order chi connectivity index (χ0) is 16.1. The number of likely N-dealkylation sites (N-methyl/N-ethyl adjacent to an activating group) is 1. The van der Waals surface area contributed by atoms with Crippen molar-refractivity contribution in [2.75, 3.05) is 25.0 Å². The third-order valence-electron chi connectivity index (χ3n) is 4.19. The van der Waals surface area contributed by atoms with E-state index in [1.54, 1.807) is 13.1 Å². The number of nitrogens with zero attached hydrogens (tertiary/aromatic N) is 2. The molecule has 22 heavy (non-hydrogen) atoms. The average Bonchev–Trinajstić information content (AvgIpc) is 2.69. The standard InChI is InChI=1S/C14H16Cl2N2O3S/c1-17-12-6-5-10(9-11(12)14(15,16)13(17)19)22(20,21)18-7-3-2-4-8-18/h5-6,9H,2-4,7-8H2,1H3. The van der Waals surface area contributed by atoms with Gasteiger partial charge in [-0.25, -0.2) is 8.42 Å². The number of carbonyl (C=O) groups excluding carboxylic acids is 1. The van der Waals surface area contributed by atoms with Gasteiger partial charge in [0.2, 0.25) is 14.4 Å². The van der Waals surface area contributed by atoms with Crippen LogP contribution in [-0.2, 0) is 19.2 Å². The minimum atomic E-state index is -3.58. The molecule has 0 aromatic heterocycles. The van der Waals surface area contributed by atoms with Gasteiger partial charge in [-0.1, -0.05) is 29.6 Å². The van der Waals surface area contributed by atoms with Crippen molar-refractivity contribution in [3.63, 3.8) is 0 Å². The molecule has 1 saturated heterocycles. The van der Waals surface area contributed by atoms with Crippen molar-refractivity contribution in [2.24, 2.45) is 0 Å². The predicted octanol–water partition coefficient (Wildman–Crippen LogP) is 2.47. The van der Waals surface area contributed by atoms with Gasteiger partial charge in [-0.15, -0.1) is 0 Å². The van der Waals surface area contributed by atoms with E-state index < -0.39 is 20.3 Å². The van der Waals surface area contributed by atoms with E-state index in [-0.39, 0.29) is 4.90 Å². The smallest absolute Gasteiger partial charge is 0.267 e. The van der Waals surface area contributed by atoms with Crippen LogP contribution in [0.5, 0.6) is 0 Å². The lowest BCUT2D eigenvalue weighted by Gasteiger charge is -2.26. The van der Waals surface area contributed by atoms with Gasteiger partial charge < -0.3 is 4.90 Å². The van der Waals surface area contributed by atoms with Gasteiger partial charge in [0.25, 0.3) is 5.91 Å². The number of anilines is 1. The molecule has 2 aliphatic rings. The number of benzene rings is 1. The highest BCUT2D eigenvalue weighted by atomic mass is 35.5. The second-order valence-electron chi connectivity index (χ2n) is 5.58. The van der Waals surface area contributed by atoms with Gasteiger partial charge in [0.15, 0.2) is 0 Å². The molecule has 120 valence electrons. The second-order valence-corrected chi connectivity index (χ2v) is 8.85. The molecule has 1 aromatic rings. The fourth-order valence-electron chi connectivity index (χ4n) is 2.91. The van der Waals surface area contributed by atoms with Crippen molar-refractivity contribution >= 4 is 44.8 Å². The first-order valence-electron chi connectivity index (χ1n) is 7.07. The number of carbonyl (C=O) groups is 1. The molecular formula is C14H16Cl2N2O3S. The van der Waals surface area contributed by atoms with Crippen LogP contribution in [0.1, 0.15) is 24.8 Å². The first-order valence-corrected chi connectivity index (χ1v) is 9.26. The number of hydrogen-bond donors (Lipinski definition) is 0. The average molecular weight is 363 g/mol. The Morgan fingerprint density at radius 2 is 1.77 bits per heavy atom. The first-order chi connectivity index (χ1) is 10.3. The normalized spacial score (nSPS) is 22.0. The highest BCUT2D eigenvalue weighted by Crippen LogP contribution is 2.47. The first kappa shape index (κ1) is 16.1. The summed E-state index contributed by atoms with van der Waals surface area (Å²) in [5.41, 5.74) is 0.856. The Morgan fingerprint density at radius 1 is 1.14 bits per heavy atom. The Kier molecular flexibility index (Phi) is 3.92. The van der Waals surface area contributed by atoms with E-state index in [1.807, 2.05) is 0 Å². The molecule has 8 heteroatoms. The summed E-state index contributed by atoms with van der Waals surface area (Å²) in [6.45, 7) is 1.04. The summed E-state index contributed by atoms with van der Waals surface area (Å²) in [4.78, 5) is 13.5. The molecule has 0 atom stereocenters. The number of rotatable bonds is 2. The van der Waals surface area contributed by atoms with Gasteiger partial charge in [0.1, 0.15) is 0 Å². The lowest BCUT2D eigenvalue weighted by molar-refractivity contribution is -0.118. The number of amides is 1. The van der Waals surface area contributed by atoms with Crippen LogP contribution < -0.4 is 4.90 Å². The van der Waals surface area contributed by atoms with Crippen molar-refractivity contribution in [3.8, 4) is 0 Å². The van der Waals surface area contributed by atoms with Crippen LogP contribution in [0.2, 0.25) is 0 Å². The van der Waals surface area contributed by atoms with E-state index in [0.29, 0.717) is 24.3 Å². The quantitative estimate of drug-likeness (QED) is 0.759. The van der Waals surface area contributed by atoms with Crippen LogP contribution in [-0.4, -0.2) is 38.8 Å². The summed E-state index contributed by atoms with van der Waals surface area (Å²) in [7, 11) is -2.02. The van der Waals surface area contributed by atoms with E-state index >= 15 is 0 Å². The van der Waals surface area contributed by atoms with Crippen LogP contribution in [0.3, 0.4) is 0 Å². The van der Waals surface area contributed by atoms with Gasteiger partial charge >= 0.3 is 0 Å². The van der Waals surface area contributed by atoms with Crippen molar-refractivity contribution in [1.82, 2.24) is 4.31 Å². The molecule has 0 bridgehead atoms. The Labute approximate surface area is 139 Å². The maximum Gasteiger partial charge on any atom is 0.267 e. The fraction of sp³-hybridized carbons (Fsp3) is 0.500. The van der Waals surface area contributed by atoms with Crippen LogP contribution in [0.15, 0.2) is 23.1 Å². The SMILES string of the molecule is CN1C(=O)C(Cl)(Cl)c2cc(S(=O)(=O)N3CCCCC3)ccc21. The maximum absolute atomic E-state index is 12.7. The highest BCUT2D eigenvalue weighted by molar-refractivity contribution is 7.89. The number of halogens is 2. The molecule has 1 fully saturated rings. The van der Waals surface area contributed by atoms with Crippen LogP contribution in [0.4, 0.5) is 5.69 Å². The van der Waals surface area contributed by atoms with Crippen LogP contribution in [0.25, 0.3) is 0 Å². The summed E-state index contributed by atoms with van der Waals surface area (Å²) in [5, 5.41) is 0. The van der Waals surface area contributed by atoms with Crippen LogP contribution >= 0.6 is 23.2 Å². The molecule has 0 unspecified atom stereocenters. The number of fused-ring (bicyclic) bond motifs is 1. The molecule has 1 amide bonds. The summed E-state index contributed by atoms with van der Waals surface area (Å²) in [5.74, 6) is -0.474. The Hall–Kier alpha value is -0.820.